The standard InChI is InChI=1S/C17H18ClN5O7S2/c1-3-6-4-31-14-9(13(25)23(14)10(6)16(28)29)20-12(24)8(22-30-5(2)15(26)27)7-11(18)32-17(19)21-7/h5,9,14H,3-4H2,1-2H3,(H2,19,21)(H,20,24)(H,26,27)(H,28,29)/b22-8-/t5-,9?,14?/m0/s1. The molecule has 2 aliphatic rings. The number of carboxylic acids is 2. The number of nitrogens with zero attached hydrogens (tertiary/aromatic N) is 3. The number of hydrogen-bond acceptors (Lipinski definition) is 10. The highest BCUT2D eigenvalue weighted by atomic mass is 35.5. The Morgan fingerprint density at radius 1 is 1.44 bits per heavy atom. The van der Waals surface area contributed by atoms with Gasteiger partial charge < -0.3 is 26.1 Å². The van der Waals surface area contributed by atoms with Crippen LogP contribution in [0.5, 0.6) is 0 Å². The lowest BCUT2D eigenvalue weighted by Crippen LogP contribution is -2.71. The molecule has 3 rings (SSSR count). The second kappa shape index (κ2) is 9.34. The van der Waals surface area contributed by atoms with Gasteiger partial charge in [-0.15, -0.1) is 11.8 Å². The summed E-state index contributed by atoms with van der Waals surface area (Å²) in [4.78, 5) is 58.2. The van der Waals surface area contributed by atoms with E-state index in [4.69, 9.17) is 27.3 Å². The van der Waals surface area contributed by atoms with Crippen molar-refractivity contribution < 1.29 is 34.2 Å². The van der Waals surface area contributed by atoms with E-state index in [1.54, 1.807) is 6.92 Å². The fourth-order valence-electron chi connectivity index (χ4n) is 3.00. The van der Waals surface area contributed by atoms with Crippen molar-refractivity contribution in [3.8, 4) is 0 Å². The molecule has 3 heterocycles. The monoisotopic (exact) mass is 503 g/mol. The van der Waals surface area contributed by atoms with Gasteiger partial charge in [0, 0.05) is 5.75 Å². The van der Waals surface area contributed by atoms with Crippen LogP contribution in [0.25, 0.3) is 0 Å². The van der Waals surface area contributed by atoms with Crippen LogP contribution in [0, 0.1) is 0 Å². The lowest BCUT2D eigenvalue weighted by atomic mass is 10.0. The van der Waals surface area contributed by atoms with Crippen molar-refractivity contribution in [3.05, 3.63) is 21.3 Å². The molecule has 0 aromatic carbocycles. The predicted octanol–water partition coefficient (Wildman–Crippen LogP) is 0.721. The molecule has 0 spiro atoms. The fraction of sp³-hybridized carbons (Fsp3) is 0.412. The molecule has 15 heteroatoms. The molecular weight excluding hydrogens is 486 g/mol. The van der Waals surface area contributed by atoms with E-state index >= 15 is 0 Å². The third kappa shape index (κ3) is 4.38. The number of hydrogen-bond donors (Lipinski definition) is 4. The number of thioether (sulfide) groups is 1. The maximum Gasteiger partial charge on any atom is 0.352 e. The van der Waals surface area contributed by atoms with Gasteiger partial charge in [-0.3, -0.25) is 14.5 Å². The lowest BCUT2D eigenvalue weighted by Gasteiger charge is -2.49. The number of thiazole rings is 1. The van der Waals surface area contributed by atoms with E-state index in [2.05, 4.69) is 15.5 Å². The third-order valence-corrected chi connectivity index (χ3v) is 7.08. The highest BCUT2D eigenvalue weighted by Crippen LogP contribution is 2.41. The number of aliphatic carboxylic acids is 2. The van der Waals surface area contributed by atoms with Crippen LogP contribution in [0.3, 0.4) is 0 Å². The second-order valence-corrected chi connectivity index (χ2v) is 9.41. The zero-order valence-electron chi connectivity index (χ0n) is 16.7. The molecule has 32 heavy (non-hydrogen) atoms. The first-order valence-electron chi connectivity index (χ1n) is 9.16. The lowest BCUT2D eigenvalue weighted by molar-refractivity contribution is -0.150. The third-order valence-electron chi connectivity index (χ3n) is 4.65. The molecule has 1 saturated heterocycles. The van der Waals surface area contributed by atoms with Gasteiger partial charge in [-0.1, -0.05) is 35.0 Å². The largest absolute Gasteiger partial charge is 0.478 e. The van der Waals surface area contributed by atoms with Crippen molar-refractivity contribution in [1.29, 1.82) is 0 Å². The van der Waals surface area contributed by atoms with Gasteiger partial charge in [0.05, 0.1) is 0 Å². The number of carbonyl (C=O) groups is 4. The summed E-state index contributed by atoms with van der Waals surface area (Å²) in [6.45, 7) is 3.00. The summed E-state index contributed by atoms with van der Waals surface area (Å²) in [7, 11) is 0. The molecule has 0 bridgehead atoms. The first-order chi connectivity index (χ1) is 15.1. The SMILES string of the molecule is CCC1=C(C(=O)O)N2C(=O)C(NC(=O)/C(=N\O[C@@H](C)C(=O)O)c3nc(N)sc3Cl)C2SC1. The molecule has 2 aliphatic heterocycles. The van der Waals surface area contributed by atoms with Crippen LogP contribution in [-0.2, 0) is 24.0 Å². The predicted molar refractivity (Wildman–Crippen MR) is 116 cm³/mol. The average molecular weight is 504 g/mol. The smallest absolute Gasteiger partial charge is 0.352 e. The molecule has 1 aromatic rings. The van der Waals surface area contributed by atoms with E-state index in [1.807, 2.05) is 0 Å². The Morgan fingerprint density at radius 2 is 2.12 bits per heavy atom. The number of amides is 2. The molecule has 12 nitrogen and oxygen atoms in total. The van der Waals surface area contributed by atoms with Crippen molar-refractivity contribution in [2.75, 3.05) is 11.5 Å². The highest BCUT2D eigenvalue weighted by molar-refractivity contribution is 8.00. The van der Waals surface area contributed by atoms with Gasteiger partial charge in [-0.05, 0) is 18.9 Å². The number of halogens is 1. The summed E-state index contributed by atoms with van der Waals surface area (Å²) in [5.74, 6) is -3.64. The first kappa shape index (κ1) is 23.8. The van der Waals surface area contributed by atoms with Crippen LogP contribution in [0.1, 0.15) is 26.0 Å². The number of anilines is 1. The molecule has 5 N–H and O–H groups in total. The Morgan fingerprint density at radius 3 is 2.66 bits per heavy atom. The van der Waals surface area contributed by atoms with Crippen LogP contribution < -0.4 is 11.1 Å². The fourth-order valence-corrected chi connectivity index (χ4v) is 5.37. The van der Waals surface area contributed by atoms with Gasteiger partial charge in [0.25, 0.3) is 11.8 Å². The minimum Gasteiger partial charge on any atom is -0.478 e. The van der Waals surface area contributed by atoms with E-state index in [9.17, 15) is 24.3 Å². The zero-order valence-corrected chi connectivity index (χ0v) is 19.1. The van der Waals surface area contributed by atoms with Gasteiger partial charge in [-0.25, -0.2) is 14.6 Å². The summed E-state index contributed by atoms with van der Waals surface area (Å²) in [5, 5.41) is 24.0. The number of carboxylic acid groups (broad SMARTS) is 2. The van der Waals surface area contributed by atoms with Crippen LogP contribution in [0.4, 0.5) is 5.13 Å². The number of fused-ring (bicyclic) bond motifs is 1. The minimum atomic E-state index is -1.38. The zero-order chi connectivity index (χ0) is 23.7. The summed E-state index contributed by atoms with van der Waals surface area (Å²) >= 11 is 8.25. The molecular formula is C17H18ClN5O7S2. The van der Waals surface area contributed by atoms with E-state index in [-0.39, 0.29) is 20.9 Å². The van der Waals surface area contributed by atoms with Crippen LogP contribution >= 0.6 is 34.7 Å². The number of β-lactam (4-membered cyclic amide) rings is 1. The molecule has 1 aromatic heterocycles. The minimum absolute atomic E-state index is 0.0141. The summed E-state index contributed by atoms with van der Waals surface area (Å²) < 4.78 is 0.0141. The molecule has 0 aliphatic carbocycles. The van der Waals surface area contributed by atoms with Crippen molar-refractivity contribution in [1.82, 2.24) is 15.2 Å². The van der Waals surface area contributed by atoms with Crippen LogP contribution in [-0.4, -0.2) is 72.8 Å². The van der Waals surface area contributed by atoms with Gasteiger partial charge in [-0.2, -0.15) is 0 Å². The Hall–Kier alpha value is -2.84. The second-order valence-electron chi connectivity index (χ2n) is 6.67. The van der Waals surface area contributed by atoms with E-state index in [0.717, 1.165) is 16.2 Å². The molecule has 172 valence electrons. The average Bonchev–Trinajstić information content (AvgIpc) is 3.07. The van der Waals surface area contributed by atoms with E-state index in [0.29, 0.717) is 17.7 Å². The number of oxime groups is 1. The Balaban J connectivity index is 1.85. The number of aromatic nitrogens is 1. The number of rotatable bonds is 8. The molecule has 0 radical (unpaired) electrons. The first-order valence-corrected chi connectivity index (χ1v) is 11.4. The Labute approximate surface area is 194 Å². The molecule has 3 atom stereocenters. The molecule has 0 saturated carbocycles. The van der Waals surface area contributed by atoms with Crippen molar-refractivity contribution >= 4 is 69.3 Å². The van der Waals surface area contributed by atoms with Crippen molar-refractivity contribution in [3.63, 3.8) is 0 Å². The maximum absolute atomic E-state index is 12.9. The van der Waals surface area contributed by atoms with E-state index in [1.165, 1.54) is 18.7 Å². The Kier molecular flexibility index (Phi) is 6.95. The molecule has 2 unspecified atom stereocenters. The molecule has 2 amide bonds. The van der Waals surface area contributed by atoms with Gasteiger partial charge in [0.1, 0.15) is 27.1 Å². The number of carbonyl (C=O) groups excluding carboxylic acids is 2. The van der Waals surface area contributed by atoms with Gasteiger partial charge in [0.15, 0.2) is 10.8 Å². The van der Waals surface area contributed by atoms with E-state index < -0.39 is 47.0 Å². The topological polar surface area (TPSA) is 185 Å². The molecule has 1 fully saturated rings. The number of nitrogens with one attached hydrogen (secondary N) is 1. The van der Waals surface area contributed by atoms with Gasteiger partial charge >= 0.3 is 11.9 Å². The van der Waals surface area contributed by atoms with Gasteiger partial charge in [0.2, 0.25) is 6.10 Å². The quantitative estimate of drug-likeness (QED) is 0.224. The highest BCUT2D eigenvalue weighted by Gasteiger charge is 2.54. The summed E-state index contributed by atoms with van der Waals surface area (Å²) in [6.07, 6.45) is -0.903. The summed E-state index contributed by atoms with van der Waals surface area (Å²) in [5.41, 5.74) is 5.56. The number of nitrogens with two attached hydrogens (primary N) is 1. The van der Waals surface area contributed by atoms with Crippen LogP contribution in [0.2, 0.25) is 4.34 Å². The van der Waals surface area contributed by atoms with Crippen LogP contribution in [0.15, 0.2) is 16.4 Å². The maximum atomic E-state index is 12.9. The van der Waals surface area contributed by atoms with Crippen molar-refractivity contribution in [2.45, 2.75) is 37.8 Å². The number of nitrogen functional groups attached to an aromatic ring is 1. The normalized spacial score (nSPS) is 21.5. The Bertz CT molecular complexity index is 1060. The summed E-state index contributed by atoms with van der Waals surface area (Å²) in [6, 6.07) is -1.03. The van der Waals surface area contributed by atoms with Crippen molar-refractivity contribution in [2.24, 2.45) is 5.16 Å².